The van der Waals surface area contributed by atoms with E-state index in [2.05, 4.69) is 20.3 Å². The fourth-order valence-corrected chi connectivity index (χ4v) is 4.52. The summed E-state index contributed by atoms with van der Waals surface area (Å²) in [6.07, 6.45) is -1.83. The number of halogens is 1. The molecule has 9 nitrogen and oxygen atoms in total. The van der Waals surface area contributed by atoms with Gasteiger partial charge in [0.2, 0.25) is 0 Å². The molecule has 10 heteroatoms. The number of aliphatic hydroxyl groups excluding tert-OH is 1. The third-order valence-corrected chi connectivity index (χ3v) is 6.20. The first kappa shape index (κ1) is 20.4. The molecule has 2 saturated heterocycles. The number of aromatic nitrogens is 3. The third kappa shape index (κ3) is 3.59. The zero-order valence-electron chi connectivity index (χ0n) is 17.2. The molecule has 0 radical (unpaired) electrons. The van der Waals surface area contributed by atoms with E-state index >= 15 is 0 Å². The predicted molar refractivity (Wildman–Crippen MR) is 121 cm³/mol. The van der Waals surface area contributed by atoms with E-state index in [1.54, 1.807) is 12.1 Å². The number of rotatable bonds is 4. The van der Waals surface area contributed by atoms with Crippen molar-refractivity contribution >= 4 is 45.3 Å². The first-order valence-corrected chi connectivity index (χ1v) is 10.9. The highest BCUT2D eigenvalue weighted by Gasteiger charge is 2.48. The summed E-state index contributed by atoms with van der Waals surface area (Å²) in [5.41, 5.74) is 1.41. The molecule has 0 unspecified atom stereocenters. The van der Waals surface area contributed by atoms with Gasteiger partial charge in [0.25, 0.3) is 11.9 Å². The van der Waals surface area contributed by atoms with Crippen molar-refractivity contribution in [3.05, 3.63) is 59.1 Å². The minimum atomic E-state index is -0.660. The lowest BCUT2D eigenvalue weighted by molar-refractivity contribution is 0.00706. The zero-order valence-corrected chi connectivity index (χ0v) is 18.0. The van der Waals surface area contributed by atoms with Gasteiger partial charge in [0.05, 0.1) is 23.8 Å². The van der Waals surface area contributed by atoms with E-state index in [4.69, 9.17) is 25.8 Å². The lowest BCUT2D eigenvalue weighted by Crippen LogP contribution is -2.34. The Bertz CT molecular complexity index is 1370. The Morgan fingerprint density at radius 3 is 2.85 bits per heavy atom. The Morgan fingerprint density at radius 1 is 1.12 bits per heavy atom. The van der Waals surface area contributed by atoms with E-state index in [0.717, 1.165) is 10.8 Å². The average molecular weight is 467 g/mol. The molecule has 0 spiro atoms. The number of benzene rings is 2. The molecule has 2 aliphatic rings. The molecule has 4 aromatic rings. The van der Waals surface area contributed by atoms with E-state index in [1.807, 2.05) is 36.4 Å². The van der Waals surface area contributed by atoms with Gasteiger partial charge >= 0.3 is 0 Å². The van der Waals surface area contributed by atoms with Crippen LogP contribution in [0, 0.1) is 0 Å². The number of ether oxygens (including phenoxy) is 3. The van der Waals surface area contributed by atoms with Crippen LogP contribution in [0.25, 0.3) is 21.9 Å². The Hall–Kier alpha value is -3.24. The summed E-state index contributed by atoms with van der Waals surface area (Å²) in [6, 6.07) is 15.0. The van der Waals surface area contributed by atoms with Crippen LogP contribution in [-0.4, -0.2) is 63.6 Å². The first-order valence-electron chi connectivity index (χ1n) is 10.5. The van der Waals surface area contributed by atoms with Gasteiger partial charge in [-0.2, -0.15) is 4.98 Å². The van der Waals surface area contributed by atoms with Gasteiger partial charge in [-0.15, -0.1) is 0 Å². The van der Waals surface area contributed by atoms with Crippen molar-refractivity contribution in [2.24, 2.45) is 0 Å². The van der Waals surface area contributed by atoms with Crippen LogP contribution in [0.5, 0.6) is 6.01 Å². The first-order chi connectivity index (χ1) is 16.1. The number of carbonyl (C=O) groups excluding carboxylic acids is 1. The summed E-state index contributed by atoms with van der Waals surface area (Å²) < 4.78 is 17.1. The van der Waals surface area contributed by atoms with Crippen LogP contribution in [-0.2, 0) is 9.47 Å². The number of aliphatic hydroxyl groups is 1. The summed E-state index contributed by atoms with van der Waals surface area (Å²) in [5, 5.41) is 14.7. The summed E-state index contributed by atoms with van der Waals surface area (Å²) in [4.78, 5) is 24.8. The third-order valence-electron chi connectivity index (χ3n) is 5.92. The molecule has 1 amide bonds. The molecule has 4 atom stereocenters. The van der Waals surface area contributed by atoms with Gasteiger partial charge in [-0.3, -0.25) is 4.79 Å². The molecule has 2 aromatic heterocycles. The molecule has 33 heavy (non-hydrogen) atoms. The number of fused-ring (bicyclic) bond motifs is 3. The van der Waals surface area contributed by atoms with Crippen molar-refractivity contribution in [2.45, 2.75) is 24.4 Å². The zero-order chi connectivity index (χ0) is 22.5. The number of amides is 1. The predicted octanol–water partition coefficient (Wildman–Crippen LogP) is 2.92. The summed E-state index contributed by atoms with van der Waals surface area (Å²) >= 11 is 6.39. The van der Waals surface area contributed by atoms with E-state index in [-0.39, 0.29) is 42.1 Å². The molecule has 168 valence electrons. The second-order valence-electron chi connectivity index (χ2n) is 8.03. The standard InChI is InChI=1S/C23H19ClN4O5/c24-14-8-15-21(28-23(25-15)33-17-10-32-18-16(29)9-31-19(17)18)26-20(14)27-22(30)13-7-3-5-11-4-1-2-6-12(11)13/h1-8,16-19,29H,9-10H2,(H2,25,26,27,28,30)/t16-,17-,18-,19-/m1/s1. The van der Waals surface area contributed by atoms with E-state index in [9.17, 15) is 9.90 Å². The Balaban J connectivity index is 1.24. The lowest BCUT2D eigenvalue weighted by atomic mass is 10.0. The highest BCUT2D eigenvalue weighted by Crippen LogP contribution is 2.31. The Kier molecular flexibility index (Phi) is 4.92. The maximum atomic E-state index is 13.0. The number of hydrogen-bond acceptors (Lipinski definition) is 7. The molecule has 2 fully saturated rings. The molecule has 2 aromatic carbocycles. The minimum absolute atomic E-state index is 0.201. The number of carbonyl (C=O) groups is 1. The second-order valence-corrected chi connectivity index (χ2v) is 8.44. The second kappa shape index (κ2) is 7.96. The van der Waals surface area contributed by atoms with Crippen LogP contribution < -0.4 is 10.1 Å². The number of H-pyrrole nitrogens is 1. The number of aromatic amines is 1. The van der Waals surface area contributed by atoms with Crippen molar-refractivity contribution in [2.75, 3.05) is 18.5 Å². The van der Waals surface area contributed by atoms with Gasteiger partial charge in [-0.25, -0.2) is 4.98 Å². The van der Waals surface area contributed by atoms with Crippen LogP contribution >= 0.6 is 11.6 Å². The maximum absolute atomic E-state index is 13.0. The molecule has 0 saturated carbocycles. The highest BCUT2D eigenvalue weighted by atomic mass is 35.5. The van der Waals surface area contributed by atoms with Gasteiger partial charge in [0, 0.05) is 5.56 Å². The summed E-state index contributed by atoms with van der Waals surface area (Å²) in [6.45, 7) is 0.496. The maximum Gasteiger partial charge on any atom is 0.296 e. The van der Waals surface area contributed by atoms with Crippen molar-refractivity contribution in [1.82, 2.24) is 15.0 Å². The molecule has 6 rings (SSSR count). The van der Waals surface area contributed by atoms with Gasteiger partial charge in [0.1, 0.15) is 18.3 Å². The Labute approximate surface area is 192 Å². The monoisotopic (exact) mass is 466 g/mol. The number of anilines is 1. The van der Waals surface area contributed by atoms with Crippen LogP contribution in [0.3, 0.4) is 0 Å². The number of imidazole rings is 1. The van der Waals surface area contributed by atoms with Crippen LogP contribution in [0.4, 0.5) is 5.82 Å². The molecule has 4 heterocycles. The Morgan fingerprint density at radius 2 is 1.94 bits per heavy atom. The molecular weight excluding hydrogens is 448 g/mol. The van der Waals surface area contributed by atoms with Gasteiger partial charge in [0.15, 0.2) is 17.6 Å². The van der Waals surface area contributed by atoms with Gasteiger partial charge in [-0.05, 0) is 22.9 Å². The van der Waals surface area contributed by atoms with Crippen LogP contribution in [0.1, 0.15) is 10.4 Å². The molecule has 0 bridgehead atoms. The van der Waals surface area contributed by atoms with Gasteiger partial charge < -0.3 is 29.6 Å². The van der Waals surface area contributed by atoms with Crippen LogP contribution in [0.2, 0.25) is 5.02 Å². The van der Waals surface area contributed by atoms with E-state index in [1.165, 1.54) is 0 Å². The lowest BCUT2D eigenvalue weighted by Gasteiger charge is -2.15. The normalized spacial score (nSPS) is 24.3. The van der Waals surface area contributed by atoms with E-state index in [0.29, 0.717) is 16.7 Å². The summed E-state index contributed by atoms with van der Waals surface area (Å²) in [5.74, 6) is -0.120. The molecular formula is C23H19ClN4O5. The number of nitrogens with one attached hydrogen (secondary N) is 2. The largest absolute Gasteiger partial charge is 0.456 e. The van der Waals surface area contributed by atoms with Crippen molar-refractivity contribution in [3.8, 4) is 6.01 Å². The fourth-order valence-electron chi connectivity index (χ4n) is 4.33. The average Bonchev–Trinajstić information content (AvgIpc) is 3.50. The SMILES string of the molecule is O=C(Nc1nc2nc(O[C@@H]3CO[C@H]4[C@@H]3OC[C@H]4O)[nH]c2cc1Cl)c1cccc2ccccc12. The smallest absolute Gasteiger partial charge is 0.296 e. The van der Waals surface area contributed by atoms with Crippen molar-refractivity contribution < 1.29 is 24.1 Å². The fraction of sp³-hybridized carbons (Fsp3) is 0.261. The highest BCUT2D eigenvalue weighted by molar-refractivity contribution is 6.34. The summed E-state index contributed by atoms with van der Waals surface area (Å²) in [7, 11) is 0. The molecule has 3 N–H and O–H groups in total. The number of nitrogens with zero attached hydrogens (tertiary/aromatic N) is 2. The molecule has 0 aliphatic carbocycles. The number of hydrogen-bond donors (Lipinski definition) is 3. The molecule has 2 aliphatic heterocycles. The van der Waals surface area contributed by atoms with Crippen LogP contribution in [0.15, 0.2) is 48.5 Å². The number of pyridine rings is 1. The quantitative estimate of drug-likeness (QED) is 0.423. The van der Waals surface area contributed by atoms with Gasteiger partial charge in [-0.1, -0.05) is 48.0 Å². The minimum Gasteiger partial charge on any atom is -0.456 e. The van der Waals surface area contributed by atoms with Crippen molar-refractivity contribution in [1.29, 1.82) is 0 Å². The van der Waals surface area contributed by atoms with Crippen molar-refractivity contribution in [3.63, 3.8) is 0 Å². The topological polar surface area (TPSA) is 119 Å². The van der Waals surface area contributed by atoms with E-state index < -0.39 is 18.3 Å².